The van der Waals surface area contributed by atoms with Crippen molar-refractivity contribution in [2.75, 3.05) is 0 Å². The second-order valence-corrected chi connectivity index (χ2v) is 4.12. The predicted molar refractivity (Wildman–Crippen MR) is 71.5 cm³/mol. The highest BCUT2D eigenvalue weighted by atomic mass is 16.7. The molecule has 114 valence electrons. The lowest BCUT2D eigenvalue weighted by atomic mass is 9.94. The Kier molecular flexibility index (Phi) is 6.18. The van der Waals surface area contributed by atoms with E-state index in [9.17, 15) is 14.4 Å². The third-order valence-corrected chi connectivity index (χ3v) is 2.21. The first-order valence-electron chi connectivity index (χ1n) is 6.15. The highest BCUT2D eigenvalue weighted by Crippen LogP contribution is 2.13. The summed E-state index contributed by atoms with van der Waals surface area (Å²) in [5, 5.41) is 10.9. The zero-order valence-electron chi connectivity index (χ0n) is 11.9. The van der Waals surface area contributed by atoms with Crippen LogP contribution in [0.2, 0.25) is 0 Å². The van der Waals surface area contributed by atoms with E-state index in [4.69, 9.17) is 0 Å². The third-order valence-electron chi connectivity index (χ3n) is 2.21. The van der Waals surface area contributed by atoms with Gasteiger partial charge in [-0.05, 0) is 19.3 Å². The Bertz CT molecular complexity index is 499. The van der Waals surface area contributed by atoms with Crippen molar-refractivity contribution in [1.29, 1.82) is 0 Å². The fourth-order valence-corrected chi connectivity index (χ4v) is 1.46. The highest BCUT2D eigenvalue weighted by molar-refractivity contribution is 6.69. The van der Waals surface area contributed by atoms with E-state index in [-0.39, 0.29) is 17.1 Å². The van der Waals surface area contributed by atoms with Crippen molar-refractivity contribution >= 4 is 35.0 Å². The zero-order valence-corrected chi connectivity index (χ0v) is 11.9. The lowest BCUT2D eigenvalue weighted by Gasteiger charge is -2.15. The lowest BCUT2D eigenvalue weighted by Crippen LogP contribution is -2.30. The van der Waals surface area contributed by atoms with Gasteiger partial charge in [-0.2, -0.15) is 0 Å². The highest BCUT2D eigenvalue weighted by Gasteiger charge is 2.25. The van der Waals surface area contributed by atoms with Crippen LogP contribution in [0.5, 0.6) is 0 Å². The summed E-state index contributed by atoms with van der Waals surface area (Å²) < 4.78 is 0. The molecule has 1 fully saturated rings. The normalized spacial score (nSPS) is 20.4. The molecule has 0 bridgehead atoms. The Morgan fingerprint density at radius 2 is 1.14 bits per heavy atom. The van der Waals surface area contributed by atoms with Gasteiger partial charge in [-0.3, -0.25) is 0 Å². The maximum absolute atomic E-state index is 10.9. The predicted octanol–water partition coefficient (Wildman–Crippen LogP) is 0.928. The van der Waals surface area contributed by atoms with Crippen LogP contribution >= 0.6 is 0 Å². The van der Waals surface area contributed by atoms with Crippen LogP contribution in [0.15, 0.2) is 15.5 Å². The van der Waals surface area contributed by atoms with Gasteiger partial charge in [0.1, 0.15) is 11.4 Å². The molecule has 1 saturated carbocycles. The van der Waals surface area contributed by atoms with Crippen LogP contribution < -0.4 is 0 Å². The minimum Gasteiger partial charge on any atom is -0.318 e. The van der Waals surface area contributed by atoms with Crippen LogP contribution in [-0.2, 0) is 28.9 Å². The summed E-state index contributed by atoms with van der Waals surface area (Å²) in [6.07, 6.45) is 1.54. The number of carbonyl (C=O) groups is 3. The van der Waals surface area contributed by atoms with Crippen molar-refractivity contribution in [2.45, 2.75) is 40.0 Å². The lowest BCUT2D eigenvalue weighted by molar-refractivity contribution is -0.142. The molecular weight excluding hydrogens is 282 g/mol. The molecule has 0 spiro atoms. The number of hydrogen-bond donors (Lipinski definition) is 0. The minimum absolute atomic E-state index is 0.110. The quantitative estimate of drug-likeness (QED) is 0.565. The maximum atomic E-state index is 10.9. The zero-order chi connectivity index (χ0) is 15.8. The van der Waals surface area contributed by atoms with Gasteiger partial charge in [0.25, 0.3) is 0 Å². The van der Waals surface area contributed by atoms with E-state index in [2.05, 4.69) is 30.0 Å². The van der Waals surface area contributed by atoms with Crippen molar-refractivity contribution in [2.24, 2.45) is 15.5 Å². The molecule has 1 aliphatic carbocycles. The molecule has 0 amide bonds. The van der Waals surface area contributed by atoms with Crippen LogP contribution in [0, 0.1) is 0 Å². The van der Waals surface area contributed by atoms with E-state index in [1.165, 1.54) is 20.8 Å². The molecule has 0 saturated heterocycles. The van der Waals surface area contributed by atoms with Crippen LogP contribution in [0.1, 0.15) is 40.0 Å². The van der Waals surface area contributed by atoms with Gasteiger partial charge in [-0.25, -0.2) is 14.4 Å². The fraction of sp³-hybridized carbons (Fsp3) is 0.500. The number of rotatable bonds is 3. The molecule has 9 nitrogen and oxygen atoms in total. The van der Waals surface area contributed by atoms with Gasteiger partial charge in [0.2, 0.25) is 0 Å². The SMILES string of the molecule is CC(=O)ON=C1/C(=N\OC(C)=O)CCC/C1=N\OC(C)=O. The molecule has 0 aromatic carbocycles. The molecule has 0 radical (unpaired) electrons. The summed E-state index contributed by atoms with van der Waals surface area (Å²) in [7, 11) is 0. The molecule has 0 N–H and O–H groups in total. The van der Waals surface area contributed by atoms with E-state index < -0.39 is 17.9 Å². The second kappa shape index (κ2) is 7.88. The van der Waals surface area contributed by atoms with Crippen molar-refractivity contribution in [3.8, 4) is 0 Å². The van der Waals surface area contributed by atoms with Gasteiger partial charge in [0, 0.05) is 20.8 Å². The summed E-state index contributed by atoms with van der Waals surface area (Å²) in [5.41, 5.74) is 0.672. The molecule has 9 heteroatoms. The van der Waals surface area contributed by atoms with Crippen molar-refractivity contribution < 1.29 is 28.9 Å². The monoisotopic (exact) mass is 297 g/mol. The van der Waals surface area contributed by atoms with E-state index in [0.717, 1.165) is 0 Å². The Hall–Kier alpha value is -2.58. The Balaban J connectivity index is 3.06. The molecular formula is C12H15N3O6. The van der Waals surface area contributed by atoms with E-state index >= 15 is 0 Å². The summed E-state index contributed by atoms with van der Waals surface area (Å²) in [6.45, 7) is 3.58. The van der Waals surface area contributed by atoms with E-state index in [0.29, 0.717) is 19.3 Å². The Morgan fingerprint density at radius 3 is 1.52 bits per heavy atom. The largest absolute Gasteiger partial charge is 0.332 e. The average molecular weight is 297 g/mol. The number of oxime groups is 3. The van der Waals surface area contributed by atoms with Gasteiger partial charge < -0.3 is 14.5 Å². The van der Waals surface area contributed by atoms with E-state index in [1.54, 1.807) is 0 Å². The third kappa shape index (κ3) is 5.93. The Labute approximate surface area is 120 Å². The molecule has 0 aromatic rings. The van der Waals surface area contributed by atoms with Crippen LogP contribution in [-0.4, -0.2) is 35.0 Å². The smallest absolute Gasteiger partial charge is 0.318 e. The standard InChI is InChI=1S/C12H15N3O6/c1-7(16)19-13-10-5-4-6-11(14-20-8(2)17)12(10)15-21-9(3)18/h4-6H2,1-3H3/b13-10-,14-11+,15-12?. The molecule has 0 atom stereocenters. The van der Waals surface area contributed by atoms with Gasteiger partial charge in [0.15, 0.2) is 5.71 Å². The van der Waals surface area contributed by atoms with E-state index in [1.807, 2.05) is 0 Å². The summed E-state index contributed by atoms with van der Waals surface area (Å²) in [6, 6.07) is 0. The first kappa shape index (κ1) is 16.5. The second-order valence-electron chi connectivity index (χ2n) is 4.12. The van der Waals surface area contributed by atoms with Gasteiger partial charge in [-0.15, -0.1) is 0 Å². The molecule has 0 heterocycles. The molecule has 0 aromatic heterocycles. The number of hydrogen-bond acceptors (Lipinski definition) is 9. The molecule has 1 rings (SSSR count). The Morgan fingerprint density at radius 1 is 0.762 bits per heavy atom. The average Bonchev–Trinajstić information content (AvgIpc) is 2.40. The summed E-state index contributed by atoms with van der Waals surface area (Å²) >= 11 is 0. The molecule has 0 aliphatic heterocycles. The number of carbonyl (C=O) groups excluding carboxylic acids is 3. The van der Waals surface area contributed by atoms with Crippen molar-refractivity contribution in [3.63, 3.8) is 0 Å². The minimum atomic E-state index is -0.633. The number of nitrogens with zero attached hydrogens (tertiary/aromatic N) is 3. The van der Waals surface area contributed by atoms with Crippen LogP contribution in [0.25, 0.3) is 0 Å². The molecule has 0 unspecified atom stereocenters. The summed E-state index contributed by atoms with van der Waals surface area (Å²) in [5.74, 6) is -1.83. The van der Waals surface area contributed by atoms with Crippen LogP contribution in [0.4, 0.5) is 0 Å². The first-order valence-corrected chi connectivity index (χ1v) is 6.15. The topological polar surface area (TPSA) is 116 Å². The van der Waals surface area contributed by atoms with Gasteiger partial charge >= 0.3 is 17.9 Å². The molecule has 21 heavy (non-hydrogen) atoms. The van der Waals surface area contributed by atoms with Crippen molar-refractivity contribution in [1.82, 2.24) is 0 Å². The van der Waals surface area contributed by atoms with Crippen LogP contribution in [0.3, 0.4) is 0 Å². The maximum Gasteiger partial charge on any atom is 0.332 e. The molecule has 1 aliphatic rings. The van der Waals surface area contributed by atoms with Crippen molar-refractivity contribution in [3.05, 3.63) is 0 Å². The first-order chi connectivity index (χ1) is 9.90. The summed E-state index contributed by atoms with van der Waals surface area (Å²) in [4.78, 5) is 46.1. The van der Waals surface area contributed by atoms with Gasteiger partial charge in [0.05, 0.1) is 0 Å². The fourth-order valence-electron chi connectivity index (χ4n) is 1.46. The van der Waals surface area contributed by atoms with Gasteiger partial charge in [-0.1, -0.05) is 15.5 Å².